The van der Waals surface area contributed by atoms with E-state index in [9.17, 15) is 4.79 Å². The van der Waals surface area contributed by atoms with Crippen molar-refractivity contribution >= 4 is 5.91 Å². The first-order valence-electron chi connectivity index (χ1n) is 7.02. The molecule has 0 heterocycles. The highest BCUT2D eigenvalue weighted by Crippen LogP contribution is 2.23. The van der Waals surface area contributed by atoms with Crippen LogP contribution in [-0.2, 0) is 4.79 Å². The van der Waals surface area contributed by atoms with E-state index in [1.54, 1.807) is 0 Å². The summed E-state index contributed by atoms with van der Waals surface area (Å²) in [5.74, 6) is 0.760. The molecule has 0 fully saturated rings. The van der Waals surface area contributed by atoms with Crippen LogP contribution in [0.4, 0.5) is 0 Å². The average molecular weight is 263 g/mol. The molecule has 1 aromatic rings. The molecule has 0 aliphatic heterocycles. The van der Waals surface area contributed by atoms with E-state index < -0.39 is 0 Å². The second-order valence-electron chi connectivity index (χ2n) is 5.05. The number of hydrogen-bond donors (Lipinski definition) is 1. The second kappa shape index (κ2) is 7.82. The standard InChI is InChI=1S/C16H25NO2/c1-5-6-7-8-17-16(18)11-19-15-10-12(2)9-13(3)14(15)4/h9-10H,5-8,11H2,1-4H3,(H,17,18). The maximum atomic E-state index is 11.6. The van der Waals surface area contributed by atoms with Crippen LogP contribution in [0.25, 0.3) is 0 Å². The summed E-state index contributed by atoms with van der Waals surface area (Å²) >= 11 is 0. The highest BCUT2D eigenvalue weighted by atomic mass is 16.5. The molecule has 1 aromatic carbocycles. The molecular formula is C16H25NO2. The van der Waals surface area contributed by atoms with Crippen LogP contribution in [0.1, 0.15) is 42.9 Å². The Kier molecular flexibility index (Phi) is 6.40. The molecule has 0 unspecified atom stereocenters. The fraction of sp³-hybridized carbons (Fsp3) is 0.562. The molecule has 0 bridgehead atoms. The topological polar surface area (TPSA) is 38.3 Å². The molecule has 19 heavy (non-hydrogen) atoms. The smallest absolute Gasteiger partial charge is 0.257 e. The molecule has 3 heteroatoms. The van der Waals surface area contributed by atoms with Crippen molar-refractivity contribution in [1.82, 2.24) is 5.32 Å². The van der Waals surface area contributed by atoms with Gasteiger partial charge in [-0.05, 0) is 49.9 Å². The van der Waals surface area contributed by atoms with Crippen molar-refractivity contribution in [3.63, 3.8) is 0 Å². The number of carbonyl (C=O) groups is 1. The molecule has 0 aliphatic carbocycles. The summed E-state index contributed by atoms with van der Waals surface area (Å²) in [6.45, 7) is 9.08. The first-order valence-corrected chi connectivity index (χ1v) is 7.02. The molecular weight excluding hydrogens is 238 g/mol. The van der Waals surface area contributed by atoms with Crippen molar-refractivity contribution < 1.29 is 9.53 Å². The summed E-state index contributed by atoms with van der Waals surface area (Å²) in [5.41, 5.74) is 3.45. The summed E-state index contributed by atoms with van der Waals surface area (Å²) in [6.07, 6.45) is 3.34. The van der Waals surface area contributed by atoms with Gasteiger partial charge in [0.05, 0.1) is 0 Å². The molecule has 1 rings (SSSR count). The largest absolute Gasteiger partial charge is 0.483 e. The lowest BCUT2D eigenvalue weighted by Gasteiger charge is -2.12. The SMILES string of the molecule is CCCCCNC(=O)COc1cc(C)cc(C)c1C. The number of unbranched alkanes of at least 4 members (excludes halogenated alkanes) is 2. The molecule has 106 valence electrons. The fourth-order valence-corrected chi connectivity index (χ4v) is 1.95. The predicted molar refractivity (Wildman–Crippen MR) is 78.7 cm³/mol. The molecule has 0 aliphatic rings. The van der Waals surface area contributed by atoms with E-state index >= 15 is 0 Å². The van der Waals surface area contributed by atoms with E-state index in [0.29, 0.717) is 0 Å². The number of nitrogens with one attached hydrogen (secondary N) is 1. The summed E-state index contributed by atoms with van der Waals surface area (Å²) < 4.78 is 5.61. The van der Waals surface area contributed by atoms with Gasteiger partial charge in [0.25, 0.3) is 5.91 Å². The van der Waals surface area contributed by atoms with Gasteiger partial charge >= 0.3 is 0 Å². The zero-order valence-corrected chi connectivity index (χ0v) is 12.5. The number of rotatable bonds is 7. The molecule has 0 saturated carbocycles. The van der Waals surface area contributed by atoms with Crippen LogP contribution in [0.2, 0.25) is 0 Å². The fourth-order valence-electron chi connectivity index (χ4n) is 1.95. The van der Waals surface area contributed by atoms with Gasteiger partial charge in [-0.1, -0.05) is 25.8 Å². The second-order valence-corrected chi connectivity index (χ2v) is 5.05. The third-order valence-corrected chi connectivity index (χ3v) is 3.23. The quantitative estimate of drug-likeness (QED) is 0.767. The van der Waals surface area contributed by atoms with E-state index in [2.05, 4.69) is 25.2 Å². The van der Waals surface area contributed by atoms with Crippen molar-refractivity contribution in [3.05, 3.63) is 28.8 Å². The van der Waals surface area contributed by atoms with E-state index in [-0.39, 0.29) is 12.5 Å². The third-order valence-electron chi connectivity index (χ3n) is 3.23. The van der Waals surface area contributed by atoms with E-state index in [1.807, 2.05) is 19.9 Å². The minimum absolute atomic E-state index is 0.0466. The van der Waals surface area contributed by atoms with Gasteiger partial charge in [-0.25, -0.2) is 0 Å². The van der Waals surface area contributed by atoms with Crippen molar-refractivity contribution in [2.45, 2.75) is 47.0 Å². The summed E-state index contributed by atoms with van der Waals surface area (Å²) in [4.78, 5) is 11.6. The van der Waals surface area contributed by atoms with Gasteiger partial charge in [-0.3, -0.25) is 4.79 Å². The predicted octanol–water partition coefficient (Wildman–Crippen LogP) is 3.30. The van der Waals surface area contributed by atoms with Crippen LogP contribution in [0.15, 0.2) is 12.1 Å². The maximum absolute atomic E-state index is 11.6. The van der Waals surface area contributed by atoms with Crippen LogP contribution in [0.5, 0.6) is 5.75 Å². The summed E-state index contributed by atoms with van der Waals surface area (Å²) in [5, 5.41) is 2.87. The first-order chi connectivity index (χ1) is 9.04. The van der Waals surface area contributed by atoms with Crippen molar-refractivity contribution in [2.75, 3.05) is 13.2 Å². The van der Waals surface area contributed by atoms with Gasteiger partial charge in [-0.15, -0.1) is 0 Å². The zero-order chi connectivity index (χ0) is 14.3. The van der Waals surface area contributed by atoms with Gasteiger partial charge in [0.15, 0.2) is 6.61 Å². The number of carbonyl (C=O) groups excluding carboxylic acids is 1. The number of hydrogen-bond acceptors (Lipinski definition) is 2. The molecule has 0 atom stereocenters. The van der Waals surface area contributed by atoms with Crippen LogP contribution < -0.4 is 10.1 Å². The molecule has 0 spiro atoms. The Morgan fingerprint density at radius 1 is 1.21 bits per heavy atom. The van der Waals surface area contributed by atoms with Gasteiger partial charge in [-0.2, -0.15) is 0 Å². The van der Waals surface area contributed by atoms with Crippen molar-refractivity contribution in [3.8, 4) is 5.75 Å². The Bertz CT molecular complexity index is 427. The number of ether oxygens (including phenoxy) is 1. The molecule has 1 amide bonds. The van der Waals surface area contributed by atoms with E-state index in [4.69, 9.17) is 4.74 Å². The van der Waals surface area contributed by atoms with Gasteiger partial charge in [0.1, 0.15) is 5.75 Å². The number of benzene rings is 1. The normalized spacial score (nSPS) is 10.3. The molecule has 0 saturated heterocycles. The van der Waals surface area contributed by atoms with Crippen LogP contribution in [0, 0.1) is 20.8 Å². The lowest BCUT2D eigenvalue weighted by atomic mass is 10.1. The van der Waals surface area contributed by atoms with Gasteiger partial charge < -0.3 is 10.1 Å². The lowest BCUT2D eigenvalue weighted by molar-refractivity contribution is -0.123. The van der Waals surface area contributed by atoms with Gasteiger partial charge in [0, 0.05) is 6.54 Å². The Labute approximate surface area is 116 Å². The monoisotopic (exact) mass is 263 g/mol. The average Bonchev–Trinajstić information content (AvgIpc) is 2.37. The molecule has 1 N–H and O–H groups in total. The maximum Gasteiger partial charge on any atom is 0.257 e. The van der Waals surface area contributed by atoms with E-state index in [1.165, 1.54) is 5.56 Å². The van der Waals surface area contributed by atoms with Crippen LogP contribution in [0.3, 0.4) is 0 Å². The third kappa shape index (κ3) is 5.33. The van der Waals surface area contributed by atoms with Gasteiger partial charge in [0.2, 0.25) is 0 Å². The first kappa shape index (κ1) is 15.5. The number of amides is 1. The Morgan fingerprint density at radius 3 is 2.63 bits per heavy atom. The Hall–Kier alpha value is -1.51. The summed E-state index contributed by atoms with van der Waals surface area (Å²) in [7, 11) is 0. The highest BCUT2D eigenvalue weighted by molar-refractivity contribution is 5.77. The number of aryl methyl sites for hydroxylation is 2. The molecule has 3 nitrogen and oxygen atoms in total. The Morgan fingerprint density at radius 2 is 1.95 bits per heavy atom. The molecule has 0 radical (unpaired) electrons. The van der Waals surface area contributed by atoms with Crippen molar-refractivity contribution in [1.29, 1.82) is 0 Å². The minimum atomic E-state index is -0.0466. The lowest BCUT2D eigenvalue weighted by Crippen LogP contribution is -2.29. The minimum Gasteiger partial charge on any atom is -0.483 e. The highest BCUT2D eigenvalue weighted by Gasteiger charge is 2.06. The summed E-state index contributed by atoms with van der Waals surface area (Å²) in [6, 6.07) is 4.10. The van der Waals surface area contributed by atoms with E-state index in [0.717, 1.165) is 42.7 Å². The Balaban J connectivity index is 2.42. The van der Waals surface area contributed by atoms with Crippen molar-refractivity contribution in [2.24, 2.45) is 0 Å². The molecule has 0 aromatic heterocycles. The zero-order valence-electron chi connectivity index (χ0n) is 12.5. The van der Waals surface area contributed by atoms with Crippen LogP contribution in [-0.4, -0.2) is 19.1 Å². The van der Waals surface area contributed by atoms with Crippen LogP contribution >= 0.6 is 0 Å².